The first-order valence-corrected chi connectivity index (χ1v) is 11.6. The van der Waals surface area contributed by atoms with Gasteiger partial charge >= 0.3 is 0 Å². The largest absolute Gasteiger partial charge is 0.390 e. The maximum absolute atomic E-state index is 10.7. The molecule has 0 saturated heterocycles. The number of rotatable bonds is 6. The number of aliphatic hydroxyl groups is 2. The first-order valence-electron chi connectivity index (χ1n) is 11.6. The molecule has 2 rings (SSSR count). The average Bonchev–Trinajstić information content (AvgIpc) is 2.65. The van der Waals surface area contributed by atoms with Crippen molar-refractivity contribution >= 4 is 0 Å². The van der Waals surface area contributed by atoms with Gasteiger partial charge in [-0.25, -0.2) is 0 Å². The van der Waals surface area contributed by atoms with Crippen molar-refractivity contribution in [2.75, 3.05) is 6.61 Å². The van der Waals surface area contributed by atoms with E-state index < -0.39 is 11.2 Å². The lowest BCUT2D eigenvalue weighted by Gasteiger charge is -2.48. The number of hydrogen-bond acceptors (Lipinski definition) is 3. The van der Waals surface area contributed by atoms with Crippen molar-refractivity contribution in [1.29, 1.82) is 0 Å². The third-order valence-electron chi connectivity index (χ3n) is 7.63. The number of ether oxygens (including phenoxy) is 1. The lowest BCUT2D eigenvalue weighted by Crippen LogP contribution is -2.40. The molecule has 0 aliphatic heterocycles. The second kappa shape index (κ2) is 9.18. The van der Waals surface area contributed by atoms with E-state index >= 15 is 0 Å². The summed E-state index contributed by atoms with van der Waals surface area (Å²) < 4.78 is 6.10. The predicted molar refractivity (Wildman–Crippen MR) is 117 cm³/mol. The highest BCUT2D eigenvalue weighted by Gasteiger charge is 2.44. The van der Waals surface area contributed by atoms with Gasteiger partial charge in [0.15, 0.2) is 0 Å². The first-order chi connectivity index (χ1) is 12.9. The second-order valence-corrected chi connectivity index (χ2v) is 11.2. The van der Waals surface area contributed by atoms with Gasteiger partial charge in [0.05, 0.1) is 23.9 Å². The van der Waals surface area contributed by atoms with Gasteiger partial charge < -0.3 is 14.9 Å². The molecule has 0 radical (unpaired) electrons. The first kappa shape index (κ1) is 23.9. The van der Waals surface area contributed by atoms with Crippen LogP contribution < -0.4 is 0 Å². The molecule has 1 saturated carbocycles. The molecule has 1 fully saturated rings. The molecule has 3 nitrogen and oxygen atoms in total. The highest BCUT2D eigenvalue weighted by atomic mass is 16.5. The molecule has 2 N–H and O–H groups in total. The van der Waals surface area contributed by atoms with Gasteiger partial charge in [0.25, 0.3) is 0 Å². The van der Waals surface area contributed by atoms with Crippen molar-refractivity contribution in [3.63, 3.8) is 0 Å². The van der Waals surface area contributed by atoms with Gasteiger partial charge in [-0.1, -0.05) is 45.8 Å². The molecule has 28 heavy (non-hydrogen) atoms. The Morgan fingerprint density at radius 1 is 1.11 bits per heavy atom. The predicted octanol–water partition coefficient (Wildman–Crippen LogP) is 5.88. The quantitative estimate of drug-likeness (QED) is 0.553. The maximum atomic E-state index is 10.7. The number of fused-ring (bicyclic) bond motifs is 1. The van der Waals surface area contributed by atoms with E-state index in [9.17, 15) is 10.2 Å². The van der Waals surface area contributed by atoms with Crippen LogP contribution in [0.25, 0.3) is 0 Å². The molecule has 0 aromatic rings. The molecule has 5 atom stereocenters. The second-order valence-electron chi connectivity index (χ2n) is 11.2. The summed E-state index contributed by atoms with van der Waals surface area (Å²) in [5.41, 5.74) is 0.247. The van der Waals surface area contributed by atoms with E-state index in [4.69, 9.17) is 4.74 Å². The average molecular weight is 395 g/mol. The lowest BCUT2D eigenvalue weighted by atomic mass is 9.57. The Morgan fingerprint density at radius 2 is 1.79 bits per heavy atom. The molecule has 0 bridgehead atoms. The molecule has 0 heterocycles. The third kappa shape index (κ3) is 6.31. The van der Waals surface area contributed by atoms with Gasteiger partial charge in [-0.2, -0.15) is 0 Å². The van der Waals surface area contributed by atoms with Gasteiger partial charge in [0.2, 0.25) is 0 Å². The van der Waals surface area contributed by atoms with Crippen molar-refractivity contribution in [1.82, 2.24) is 0 Å². The van der Waals surface area contributed by atoms with E-state index in [0.29, 0.717) is 18.4 Å². The summed E-state index contributed by atoms with van der Waals surface area (Å²) in [5.74, 6) is 2.07. The minimum Gasteiger partial charge on any atom is -0.390 e. The summed E-state index contributed by atoms with van der Waals surface area (Å²) in [6, 6.07) is 0. The maximum Gasteiger partial charge on any atom is 0.0824 e. The van der Waals surface area contributed by atoms with Crippen LogP contribution in [0.4, 0.5) is 0 Å². The van der Waals surface area contributed by atoms with Crippen LogP contribution in [0.1, 0.15) is 99.8 Å². The Hall–Kier alpha value is -0.380. The van der Waals surface area contributed by atoms with Crippen molar-refractivity contribution < 1.29 is 14.9 Å². The van der Waals surface area contributed by atoms with Crippen LogP contribution in [-0.4, -0.2) is 34.1 Å². The molecule has 164 valence electrons. The molecular formula is C25H46O3. The van der Waals surface area contributed by atoms with Gasteiger partial charge in [-0.05, 0) is 88.9 Å². The summed E-state index contributed by atoms with van der Waals surface area (Å²) in [6.45, 7) is 15.4. The molecule has 0 aromatic heterocycles. The highest BCUT2D eigenvalue weighted by molar-refractivity contribution is 5.21. The van der Waals surface area contributed by atoms with Crippen LogP contribution in [-0.2, 0) is 4.74 Å². The lowest BCUT2D eigenvalue weighted by molar-refractivity contribution is -0.0588. The molecule has 2 aliphatic rings. The van der Waals surface area contributed by atoms with Crippen LogP contribution >= 0.6 is 0 Å². The van der Waals surface area contributed by atoms with Gasteiger partial charge in [-0.15, -0.1) is 0 Å². The zero-order valence-corrected chi connectivity index (χ0v) is 19.6. The molecular weight excluding hydrogens is 348 g/mol. The zero-order chi connectivity index (χ0) is 21.2. The third-order valence-corrected chi connectivity index (χ3v) is 7.63. The molecule has 0 spiro atoms. The molecule has 3 heteroatoms. The Morgan fingerprint density at radius 3 is 2.39 bits per heavy atom. The zero-order valence-electron chi connectivity index (χ0n) is 19.6. The van der Waals surface area contributed by atoms with Crippen LogP contribution in [0.15, 0.2) is 11.6 Å². The fourth-order valence-electron chi connectivity index (χ4n) is 5.38. The van der Waals surface area contributed by atoms with Gasteiger partial charge in [-0.3, -0.25) is 0 Å². The van der Waals surface area contributed by atoms with Crippen LogP contribution in [0.5, 0.6) is 0 Å². The summed E-state index contributed by atoms with van der Waals surface area (Å²) in [6.07, 6.45) is 11.3. The summed E-state index contributed by atoms with van der Waals surface area (Å²) in [4.78, 5) is 0. The van der Waals surface area contributed by atoms with Crippen LogP contribution in [0, 0.1) is 23.2 Å². The molecule has 0 aromatic carbocycles. The standard InChI is InChI=1S/C25H46O3/c1-8-25(7,27)16-19-13-15-21-18(2)12-14-20(28-17-23(3,4)26)10-9-11-22(21)24(19,5)6/h13,18,20-22,26-27H,8-12,14-17H2,1-7H3/t18-,20+,21-,22?,25-/m0/s1. The Kier molecular flexibility index (Phi) is 7.84. The van der Waals surface area contributed by atoms with E-state index in [1.807, 2.05) is 20.8 Å². The molecule has 1 unspecified atom stereocenters. The monoisotopic (exact) mass is 394 g/mol. The minimum absolute atomic E-state index is 0.143. The molecule has 2 aliphatic carbocycles. The van der Waals surface area contributed by atoms with Gasteiger partial charge in [0.1, 0.15) is 0 Å². The fourth-order valence-corrected chi connectivity index (χ4v) is 5.38. The van der Waals surface area contributed by atoms with E-state index in [-0.39, 0.29) is 11.5 Å². The Bertz CT molecular complexity index is 526. The fraction of sp³-hybridized carbons (Fsp3) is 0.920. The topological polar surface area (TPSA) is 49.7 Å². The highest BCUT2D eigenvalue weighted by Crippen LogP contribution is 2.52. The van der Waals surface area contributed by atoms with Crippen LogP contribution in [0.2, 0.25) is 0 Å². The van der Waals surface area contributed by atoms with Crippen molar-refractivity contribution in [2.24, 2.45) is 23.2 Å². The molecule has 0 amide bonds. The van der Waals surface area contributed by atoms with Crippen molar-refractivity contribution in [2.45, 2.75) is 117 Å². The minimum atomic E-state index is -0.755. The van der Waals surface area contributed by atoms with Crippen LogP contribution in [0.3, 0.4) is 0 Å². The smallest absolute Gasteiger partial charge is 0.0824 e. The number of hydrogen-bond donors (Lipinski definition) is 2. The Balaban J connectivity index is 2.12. The van der Waals surface area contributed by atoms with Gasteiger partial charge in [0, 0.05) is 0 Å². The van der Waals surface area contributed by atoms with E-state index in [1.54, 1.807) is 0 Å². The summed E-state index contributed by atoms with van der Waals surface area (Å²) in [5, 5.41) is 20.7. The number of allylic oxidation sites excluding steroid dienone is 1. The SMILES string of the molecule is CC[C@](C)(O)CC1=CC[C@@H]2C(CCC[C@@H](OCC(C)(C)O)CC[C@@H]2C)C1(C)C. The van der Waals surface area contributed by atoms with Crippen molar-refractivity contribution in [3.05, 3.63) is 11.6 Å². The van der Waals surface area contributed by atoms with Crippen molar-refractivity contribution in [3.8, 4) is 0 Å². The Labute approximate surface area is 173 Å². The normalized spacial score (nSPS) is 33.7. The summed E-state index contributed by atoms with van der Waals surface area (Å²) >= 11 is 0. The summed E-state index contributed by atoms with van der Waals surface area (Å²) in [7, 11) is 0. The van der Waals surface area contributed by atoms with E-state index in [0.717, 1.165) is 38.0 Å². The van der Waals surface area contributed by atoms with E-state index in [1.165, 1.54) is 24.8 Å². The van der Waals surface area contributed by atoms with E-state index in [2.05, 4.69) is 33.8 Å².